The van der Waals surface area contributed by atoms with Crippen molar-refractivity contribution in [2.24, 2.45) is 0 Å². The van der Waals surface area contributed by atoms with E-state index in [0.29, 0.717) is 20.3 Å². The van der Waals surface area contributed by atoms with Crippen molar-refractivity contribution in [3.8, 4) is 5.75 Å². The molecule has 0 aliphatic carbocycles. The Kier molecular flexibility index (Phi) is 6.10. The van der Waals surface area contributed by atoms with Crippen molar-refractivity contribution in [3.63, 3.8) is 0 Å². The van der Waals surface area contributed by atoms with Crippen molar-refractivity contribution in [2.45, 2.75) is 6.61 Å². The molecule has 0 fully saturated rings. The molecule has 24 heavy (non-hydrogen) atoms. The summed E-state index contributed by atoms with van der Waals surface area (Å²) in [5.74, 6) is -0.471. The number of carboxylic acid groups (broad SMARTS) is 1. The quantitative estimate of drug-likeness (QED) is 0.383. The zero-order chi connectivity index (χ0) is 17.7. The van der Waals surface area contributed by atoms with E-state index in [1.807, 2.05) is 0 Å². The topological polar surface area (TPSA) is 89.7 Å². The molecule has 0 atom stereocenters. The third kappa shape index (κ3) is 4.90. The fourth-order valence-corrected chi connectivity index (χ4v) is 3.30. The van der Waals surface area contributed by atoms with Gasteiger partial charge in [-0.3, -0.25) is 10.1 Å². The molecule has 0 radical (unpaired) electrons. The maximum Gasteiger partial charge on any atom is 0.328 e. The number of nitrogens with zero attached hydrogens (tertiary/aromatic N) is 1. The van der Waals surface area contributed by atoms with E-state index in [1.54, 1.807) is 24.3 Å². The lowest BCUT2D eigenvalue weighted by Gasteiger charge is -2.11. The Morgan fingerprint density at radius 2 is 1.79 bits per heavy atom. The van der Waals surface area contributed by atoms with Crippen LogP contribution in [0.2, 0.25) is 0 Å². The van der Waals surface area contributed by atoms with Gasteiger partial charge in [0.1, 0.15) is 12.4 Å². The summed E-state index contributed by atoms with van der Waals surface area (Å²) in [6, 6.07) is 9.56. The molecule has 2 aromatic rings. The van der Waals surface area contributed by atoms with Gasteiger partial charge in [-0.2, -0.15) is 0 Å². The minimum absolute atomic E-state index is 0.0238. The number of ether oxygens (including phenoxy) is 1. The average Bonchev–Trinajstić information content (AvgIpc) is 2.52. The van der Waals surface area contributed by atoms with Gasteiger partial charge in [0.2, 0.25) is 0 Å². The highest BCUT2D eigenvalue weighted by molar-refractivity contribution is 9.11. The Balaban J connectivity index is 2.12. The van der Waals surface area contributed by atoms with E-state index in [0.717, 1.165) is 11.6 Å². The van der Waals surface area contributed by atoms with E-state index in [9.17, 15) is 14.9 Å². The van der Waals surface area contributed by atoms with Gasteiger partial charge >= 0.3 is 5.97 Å². The van der Waals surface area contributed by atoms with Crippen LogP contribution in [0.1, 0.15) is 11.1 Å². The number of rotatable bonds is 6. The number of aliphatic carboxylic acids is 1. The Morgan fingerprint density at radius 3 is 2.29 bits per heavy atom. The number of nitro groups is 1. The van der Waals surface area contributed by atoms with Crippen LogP contribution in [0.15, 0.2) is 51.4 Å². The SMILES string of the molecule is O=C(O)C=Cc1cc(Br)c(OCc2ccc([N+](=O)[O-])cc2)c(Br)c1. The first-order valence-corrected chi connectivity index (χ1v) is 8.21. The van der Waals surface area contributed by atoms with Gasteiger partial charge in [-0.1, -0.05) is 0 Å². The summed E-state index contributed by atoms with van der Waals surface area (Å²) in [5.41, 5.74) is 1.50. The van der Waals surface area contributed by atoms with Gasteiger partial charge in [0.15, 0.2) is 0 Å². The molecule has 1 N–H and O–H groups in total. The number of carbonyl (C=O) groups is 1. The van der Waals surface area contributed by atoms with Gasteiger partial charge < -0.3 is 9.84 Å². The summed E-state index contributed by atoms with van der Waals surface area (Å²) in [6.07, 6.45) is 2.52. The molecule has 0 aromatic heterocycles. The van der Waals surface area contributed by atoms with Crippen LogP contribution in [0, 0.1) is 10.1 Å². The minimum atomic E-state index is -1.03. The molecule has 0 saturated carbocycles. The first-order valence-electron chi connectivity index (χ1n) is 6.63. The summed E-state index contributed by atoms with van der Waals surface area (Å²) in [4.78, 5) is 20.7. The third-order valence-corrected chi connectivity index (χ3v) is 4.15. The van der Waals surface area contributed by atoms with Crippen LogP contribution in [0.3, 0.4) is 0 Å². The number of non-ortho nitro benzene ring substituents is 1. The highest BCUT2D eigenvalue weighted by Gasteiger charge is 2.10. The Hall–Kier alpha value is -2.19. The van der Waals surface area contributed by atoms with Gasteiger partial charge in [-0.15, -0.1) is 0 Å². The Labute approximate surface area is 154 Å². The largest absolute Gasteiger partial charge is 0.487 e. The van der Waals surface area contributed by atoms with E-state index in [2.05, 4.69) is 31.9 Å². The Morgan fingerprint density at radius 1 is 1.21 bits per heavy atom. The predicted octanol–water partition coefficient (Wildman–Crippen LogP) is 4.80. The van der Waals surface area contributed by atoms with Gasteiger partial charge in [0, 0.05) is 18.2 Å². The van der Waals surface area contributed by atoms with Crippen molar-refractivity contribution in [2.75, 3.05) is 0 Å². The fraction of sp³-hybridized carbons (Fsp3) is 0.0625. The second kappa shape index (κ2) is 8.07. The van der Waals surface area contributed by atoms with Crippen molar-refractivity contribution >= 4 is 49.6 Å². The average molecular weight is 457 g/mol. The van der Waals surface area contributed by atoms with Crippen molar-refractivity contribution in [1.82, 2.24) is 0 Å². The zero-order valence-electron chi connectivity index (χ0n) is 12.1. The number of hydrogen-bond acceptors (Lipinski definition) is 4. The van der Waals surface area contributed by atoms with Crippen LogP contribution < -0.4 is 4.74 Å². The predicted molar refractivity (Wildman–Crippen MR) is 95.9 cm³/mol. The van der Waals surface area contributed by atoms with Crippen LogP contribution in [0.4, 0.5) is 5.69 Å². The number of nitro benzene ring substituents is 1. The van der Waals surface area contributed by atoms with Gasteiger partial charge in [-0.05, 0) is 73.3 Å². The normalized spacial score (nSPS) is 10.8. The van der Waals surface area contributed by atoms with Gasteiger partial charge in [0.05, 0.1) is 13.9 Å². The van der Waals surface area contributed by atoms with Crippen LogP contribution >= 0.6 is 31.9 Å². The molecule has 0 saturated heterocycles. The smallest absolute Gasteiger partial charge is 0.328 e. The summed E-state index contributed by atoms with van der Waals surface area (Å²) in [7, 11) is 0. The molecule has 0 amide bonds. The second-order valence-electron chi connectivity index (χ2n) is 4.70. The number of hydrogen-bond donors (Lipinski definition) is 1. The Bertz CT molecular complexity index is 780. The molecule has 8 heteroatoms. The first-order chi connectivity index (χ1) is 11.4. The third-order valence-electron chi connectivity index (χ3n) is 2.97. The summed E-state index contributed by atoms with van der Waals surface area (Å²) < 4.78 is 7.04. The van der Waals surface area contributed by atoms with E-state index in [1.165, 1.54) is 18.2 Å². The molecule has 0 spiro atoms. The maximum absolute atomic E-state index is 10.6. The lowest BCUT2D eigenvalue weighted by atomic mass is 10.2. The lowest BCUT2D eigenvalue weighted by molar-refractivity contribution is -0.384. The van der Waals surface area contributed by atoms with E-state index in [4.69, 9.17) is 9.84 Å². The van der Waals surface area contributed by atoms with Crippen molar-refractivity contribution in [3.05, 3.63) is 72.7 Å². The molecule has 2 rings (SSSR count). The molecule has 0 bridgehead atoms. The van der Waals surface area contributed by atoms with Crippen LogP contribution in [-0.4, -0.2) is 16.0 Å². The lowest BCUT2D eigenvalue weighted by Crippen LogP contribution is -1.98. The molecule has 0 unspecified atom stereocenters. The maximum atomic E-state index is 10.6. The fourth-order valence-electron chi connectivity index (χ4n) is 1.85. The summed E-state index contributed by atoms with van der Waals surface area (Å²) in [6.45, 7) is 0.236. The molecule has 0 aliphatic rings. The molecule has 0 aliphatic heterocycles. The van der Waals surface area contributed by atoms with Crippen molar-refractivity contribution in [1.29, 1.82) is 0 Å². The molecule has 6 nitrogen and oxygen atoms in total. The molecular formula is C16H11Br2NO5. The number of benzene rings is 2. The summed E-state index contributed by atoms with van der Waals surface area (Å²) >= 11 is 6.77. The molecular weight excluding hydrogens is 446 g/mol. The molecule has 0 heterocycles. The standard InChI is InChI=1S/C16H11Br2NO5/c17-13-7-11(3-6-15(20)21)8-14(18)16(13)24-9-10-1-4-12(5-2-10)19(22)23/h1-8H,9H2,(H,20,21). The highest BCUT2D eigenvalue weighted by atomic mass is 79.9. The van der Waals surface area contributed by atoms with Crippen LogP contribution in [-0.2, 0) is 11.4 Å². The van der Waals surface area contributed by atoms with E-state index < -0.39 is 10.9 Å². The monoisotopic (exact) mass is 455 g/mol. The van der Waals surface area contributed by atoms with Gasteiger partial charge in [-0.25, -0.2) is 4.79 Å². The van der Waals surface area contributed by atoms with E-state index >= 15 is 0 Å². The van der Waals surface area contributed by atoms with Gasteiger partial charge in [0.25, 0.3) is 5.69 Å². The molecule has 124 valence electrons. The number of halogens is 2. The summed E-state index contributed by atoms with van der Waals surface area (Å²) in [5, 5.41) is 19.3. The second-order valence-corrected chi connectivity index (χ2v) is 6.41. The minimum Gasteiger partial charge on any atom is -0.487 e. The van der Waals surface area contributed by atoms with Crippen molar-refractivity contribution < 1.29 is 19.6 Å². The number of carboxylic acids is 1. The first kappa shape index (κ1) is 18.2. The molecule has 2 aromatic carbocycles. The highest BCUT2D eigenvalue weighted by Crippen LogP contribution is 2.35. The van der Waals surface area contributed by atoms with Crippen LogP contribution in [0.25, 0.3) is 6.08 Å². The zero-order valence-corrected chi connectivity index (χ0v) is 15.3. The van der Waals surface area contributed by atoms with E-state index in [-0.39, 0.29) is 12.3 Å². The van der Waals surface area contributed by atoms with Crippen LogP contribution in [0.5, 0.6) is 5.75 Å².